The van der Waals surface area contributed by atoms with Crippen LogP contribution in [0, 0.1) is 0 Å². The van der Waals surface area contributed by atoms with Gasteiger partial charge in [0.05, 0.1) is 5.56 Å². The average molecular weight is 284 g/mol. The number of hydrogen-bond donors (Lipinski definition) is 2. The fourth-order valence-electron chi connectivity index (χ4n) is 1.87. The van der Waals surface area contributed by atoms with Crippen LogP contribution in [0.1, 0.15) is 28.5 Å². The Kier molecular flexibility index (Phi) is 3.24. The molecular weight excluding hydrogens is 273 g/mol. The van der Waals surface area contributed by atoms with Gasteiger partial charge in [0.2, 0.25) is 0 Å². The molecule has 2 rings (SSSR count). The summed E-state index contributed by atoms with van der Waals surface area (Å²) in [6.07, 6.45) is -4.42. The highest BCUT2D eigenvalue weighted by atomic mass is 19.4. The largest absolute Gasteiger partial charge is 0.433 e. The minimum atomic E-state index is -4.57. The van der Waals surface area contributed by atoms with Crippen molar-refractivity contribution in [1.82, 2.24) is 9.97 Å². The molecule has 0 atom stereocenters. The molecule has 0 radical (unpaired) electrons. The minimum absolute atomic E-state index is 0.0204. The zero-order valence-corrected chi connectivity index (χ0v) is 10.5. The van der Waals surface area contributed by atoms with Crippen molar-refractivity contribution in [3.63, 3.8) is 0 Å². The third-order valence-electron chi connectivity index (χ3n) is 2.83. The molecule has 2 heterocycles. The summed E-state index contributed by atoms with van der Waals surface area (Å²) in [5.74, 6) is -1.04. The molecule has 2 aromatic rings. The van der Waals surface area contributed by atoms with E-state index in [4.69, 9.17) is 11.5 Å². The van der Waals surface area contributed by atoms with Crippen molar-refractivity contribution in [3.05, 3.63) is 29.0 Å². The van der Waals surface area contributed by atoms with E-state index in [1.807, 2.05) is 0 Å². The second kappa shape index (κ2) is 4.62. The maximum absolute atomic E-state index is 12.9. The Morgan fingerprint density at radius 3 is 2.45 bits per heavy atom. The molecule has 106 valence electrons. The molecule has 0 bridgehead atoms. The van der Waals surface area contributed by atoms with Gasteiger partial charge < -0.3 is 11.5 Å². The molecular formula is C12H11F3N4O. The third kappa shape index (κ3) is 2.36. The number of amides is 1. The third-order valence-corrected chi connectivity index (χ3v) is 2.83. The van der Waals surface area contributed by atoms with Crippen LogP contribution in [-0.4, -0.2) is 15.9 Å². The molecule has 0 saturated heterocycles. The lowest BCUT2D eigenvalue weighted by atomic mass is 10.1. The first-order chi connectivity index (χ1) is 9.24. The van der Waals surface area contributed by atoms with E-state index in [1.165, 1.54) is 12.1 Å². The number of halogens is 3. The van der Waals surface area contributed by atoms with E-state index in [1.54, 1.807) is 6.92 Å². The van der Waals surface area contributed by atoms with Crippen molar-refractivity contribution in [3.8, 4) is 0 Å². The molecule has 0 aliphatic rings. The van der Waals surface area contributed by atoms with Gasteiger partial charge in [0.15, 0.2) is 5.65 Å². The highest BCUT2D eigenvalue weighted by Gasteiger charge is 2.35. The summed E-state index contributed by atoms with van der Waals surface area (Å²) >= 11 is 0. The lowest BCUT2D eigenvalue weighted by Crippen LogP contribution is -2.16. The van der Waals surface area contributed by atoms with Gasteiger partial charge in [-0.25, -0.2) is 9.97 Å². The number of alkyl halides is 3. The van der Waals surface area contributed by atoms with Gasteiger partial charge >= 0.3 is 6.18 Å². The van der Waals surface area contributed by atoms with Crippen LogP contribution in [0.5, 0.6) is 0 Å². The number of primary amides is 1. The fraction of sp³-hybridized carbons (Fsp3) is 0.250. The molecule has 0 fully saturated rings. The maximum Gasteiger partial charge on any atom is 0.433 e. The first kappa shape index (κ1) is 14.0. The normalized spacial score (nSPS) is 11.8. The molecule has 0 aliphatic carbocycles. The molecule has 0 unspecified atom stereocenters. The number of rotatable bonds is 2. The number of pyridine rings is 2. The molecule has 0 aliphatic heterocycles. The number of aryl methyl sites for hydroxylation is 1. The molecule has 2 aromatic heterocycles. The van der Waals surface area contributed by atoms with E-state index >= 15 is 0 Å². The van der Waals surface area contributed by atoms with E-state index < -0.39 is 17.8 Å². The Hall–Kier alpha value is -2.38. The van der Waals surface area contributed by atoms with Gasteiger partial charge in [0.25, 0.3) is 5.91 Å². The standard InChI is InChI=1S/C12H11F3N4O/c1-2-5-3-6-4-7(10(17)20)9(16)19-11(6)18-8(5)12(13,14)15/h3-4H,2H2,1H3,(H2,17,20)(H2,16,18,19). The van der Waals surface area contributed by atoms with Crippen molar-refractivity contribution in [2.24, 2.45) is 5.73 Å². The summed E-state index contributed by atoms with van der Waals surface area (Å²) in [5.41, 5.74) is 9.42. The Morgan fingerprint density at radius 2 is 1.95 bits per heavy atom. The molecule has 5 nitrogen and oxygen atoms in total. The summed E-state index contributed by atoms with van der Waals surface area (Å²) in [6.45, 7) is 1.58. The summed E-state index contributed by atoms with van der Waals surface area (Å²) in [7, 11) is 0. The Morgan fingerprint density at radius 1 is 1.30 bits per heavy atom. The van der Waals surface area contributed by atoms with Crippen LogP contribution in [0.2, 0.25) is 0 Å². The molecule has 0 aromatic carbocycles. The topological polar surface area (TPSA) is 94.9 Å². The van der Waals surface area contributed by atoms with E-state index in [2.05, 4.69) is 9.97 Å². The highest BCUT2D eigenvalue weighted by Crippen LogP contribution is 2.32. The van der Waals surface area contributed by atoms with Gasteiger partial charge in [-0.05, 0) is 24.1 Å². The molecule has 4 N–H and O–H groups in total. The van der Waals surface area contributed by atoms with Crippen LogP contribution < -0.4 is 11.5 Å². The van der Waals surface area contributed by atoms with Gasteiger partial charge in [-0.1, -0.05) is 6.92 Å². The Balaban J connectivity index is 2.78. The number of nitrogens with zero attached hydrogens (tertiary/aromatic N) is 2. The summed E-state index contributed by atoms with van der Waals surface area (Å²) in [4.78, 5) is 18.4. The number of carbonyl (C=O) groups excluding carboxylic acids is 1. The van der Waals surface area contributed by atoms with Crippen LogP contribution in [-0.2, 0) is 12.6 Å². The Bertz CT molecular complexity index is 697. The van der Waals surface area contributed by atoms with Crippen LogP contribution in [0.15, 0.2) is 12.1 Å². The van der Waals surface area contributed by atoms with Crippen molar-refractivity contribution in [2.45, 2.75) is 19.5 Å². The van der Waals surface area contributed by atoms with E-state index in [9.17, 15) is 18.0 Å². The lowest BCUT2D eigenvalue weighted by Gasteiger charge is -2.12. The lowest BCUT2D eigenvalue weighted by molar-refractivity contribution is -0.141. The van der Waals surface area contributed by atoms with Gasteiger partial charge in [0, 0.05) is 5.39 Å². The van der Waals surface area contributed by atoms with E-state index in [0.717, 1.165) is 0 Å². The number of aromatic nitrogens is 2. The fourth-order valence-corrected chi connectivity index (χ4v) is 1.87. The van der Waals surface area contributed by atoms with Gasteiger partial charge in [0.1, 0.15) is 11.5 Å². The van der Waals surface area contributed by atoms with Crippen molar-refractivity contribution in [2.75, 3.05) is 5.73 Å². The number of nitrogens with two attached hydrogens (primary N) is 2. The van der Waals surface area contributed by atoms with Crippen LogP contribution in [0.3, 0.4) is 0 Å². The predicted octanol–water partition coefficient (Wildman–Crippen LogP) is 1.89. The minimum Gasteiger partial charge on any atom is -0.383 e. The number of nitrogen functional groups attached to an aromatic ring is 1. The monoisotopic (exact) mass is 284 g/mol. The van der Waals surface area contributed by atoms with Crippen LogP contribution in [0.25, 0.3) is 11.0 Å². The SMILES string of the molecule is CCc1cc2cc(C(N)=O)c(N)nc2nc1C(F)(F)F. The number of hydrogen-bond acceptors (Lipinski definition) is 4. The van der Waals surface area contributed by atoms with Crippen LogP contribution in [0.4, 0.5) is 19.0 Å². The zero-order chi connectivity index (χ0) is 15.1. The van der Waals surface area contributed by atoms with Gasteiger partial charge in [-0.15, -0.1) is 0 Å². The first-order valence-electron chi connectivity index (χ1n) is 5.71. The molecule has 0 saturated carbocycles. The molecule has 20 heavy (non-hydrogen) atoms. The summed E-state index contributed by atoms with van der Waals surface area (Å²) < 4.78 is 38.6. The van der Waals surface area contributed by atoms with Crippen molar-refractivity contribution in [1.29, 1.82) is 0 Å². The van der Waals surface area contributed by atoms with E-state index in [0.29, 0.717) is 0 Å². The van der Waals surface area contributed by atoms with Crippen molar-refractivity contribution >= 4 is 22.8 Å². The second-order valence-corrected chi connectivity index (χ2v) is 4.18. The van der Waals surface area contributed by atoms with Crippen LogP contribution >= 0.6 is 0 Å². The van der Waals surface area contributed by atoms with Gasteiger partial charge in [-0.2, -0.15) is 13.2 Å². The van der Waals surface area contributed by atoms with Gasteiger partial charge in [-0.3, -0.25) is 4.79 Å². The number of anilines is 1. The summed E-state index contributed by atoms with van der Waals surface area (Å²) in [5, 5.41) is 0.290. The van der Waals surface area contributed by atoms with Crippen molar-refractivity contribution < 1.29 is 18.0 Å². The second-order valence-electron chi connectivity index (χ2n) is 4.18. The molecule has 0 spiro atoms. The maximum atomic E-state index is 12.9. The quantitative estimate of drug-likeness (QED) is 0.880. The zero-order valence-electron chi connectivity index (χ0n) is 10.5. The van der Waals surface area contributed by atoms with E-state index in [-0.39, 0.29) is 34.4 Å². The smallest absolute Gasteiger partial charge is 0.383 e. The number of carbonyl (C=O) groups is 1. The highest BCUT2D eigenvalue weighted by molar-refractivity contribution is 6.00. The number of fused-ring (bicyclic) bond motifs is 1. The predicted molar refractivity (Wildman–Crippen MR) is 66.8 cm³/mol. The average Bonchev–Trinajstić information content (AvgIpc) is 2.35. The Labute approximate surface area is 111 Å². The molecule has 1 amide bonds. The molecule has 8 heteroatoms. The first-order valence-corrected chi connectivity index (χ1v) is 5.71. The summed E-state index contributed by atoms with van der Waals surface area (Å²) in [6, 6.07) is 2.59.